The van der Waals surface area contributed by atoms with E-state index in [4.69, 9.17) is 11.6 Å². The zero-order valence-electron chi connectivity index (χ0n) is 25.0. The highest BCUT2D eigenvalue weighted by Crippen LogP contribution is 2.26. The average Bonchev–Trinajstić information content (AvgIpc) is 3.03. The lowest BCUT2D eigenvalue weighted by molar-refractivity contribution is -0.140. The van der Waals surface area contributed by atoms with Crippen molar-refractivity contribution in [2.75, 3.05) is 17.4 Å². The number of nitrogens with one attached hydrogen (secondary N) is 1. The van der Waals surface area contributed by atoms with E-state index in [0.29, 0.717) is 22.8 Å². The van der Waals surface area contributed by atoms with E-state index < -0.39 is 28.5 Å². The first-order valence-electron chi connectivity index (χ1n) is 14.7. The van der Waals surface area contributed by atoms with Gasteiger partial charge in [-0.3, -0.25) is 13.9 Å². The second-order valence-electron chi connectivity index (χ2n) is 10.6. The molecule has 0 fully saturated rings. The Morgan fingerprint density at radius 2 is 1.45 bits per heavy atom. The number of nitrogens with zero attached hydrogens (tertiary/aromatic N) is 2. The molecular formula is C35H38ClN3O4S. The minimum absolute atomic E-state index is 0.0182. The fraction of sp³-hybridized carbons (Fsp3) is 0.257. The molecule has 4 aromatic carbocycles. The Hall–Kier alpha value is -4.14. The third-order valence-electron chi connectivity index (χ3n) is 7.33. The zero-order valence-corrected chi connectivity index (χ0v) is 26.6. The Labute approximate surface area is 265 Å². The van der Waals surface area contributed by atoms with Crippen LogP contribution >= 0.6 is 11.6 Å². The molecule has 0 spiro atoms. The number of hydrogen-bond acceptors (Lipinski definition) is 4. The van der Waals surface area contributed by atoms with Gasteiger partial charge in [0.1, 0.15) is 12.6 Å². The number of unbranched alkanes of at least 4 members (excludes halogenated alkanes) is 1. The third kappa shape index (κ3) is 8.49. The summed E-state index contributed by atoms with van der Waals surface area (Å²) in [5.74, 6) is -0.841. The average molecular weight is 632 g/mol. The van der Waals surface area contributed by atoms with Gasteiger partial charge in [-0.1, -0.05) is 109 Å². The number of benzene rings is 4. The summed E-state index contributed by atoms with van der Waals surface area (Å²) in [4.78, 5) is 29.8. The van der Waals surface area contributed by atoms with E-state index in [2.05, 4.69) is 5.32 Å². The number of hydrogen-bond donors (Lipinski definition) is 1. The normalized spacial score (nSPS) is 11.9. The van der Waals surface area contributed by atoms with Crippen molar-refractivity contribution >= 4 is 39.1 Å². The second kappa shape index (κ2) is 15.5. The van der Waals surface area contributed by atoms with Crippen LogP contribution in [-0.4, -0.2) is 44.3 Å². The maximum atomic E-state index is 14.5. The van der Waals surface area contributed by atoms with Crippen LogP contribution in [-0.2, 0) is 32.6 Å². The Morgan fingerprint density at radius 1 is 0.841 bits per heavy atom. The zero-order chi connectivity index (χ0) is 31.5. The number of amides is 2. The molecular weight excluding hydrogens is 594 g/mol. The Morgan fingerprint density at radius 3 is 2.09 bits per heavy atom. The number of aryl methyl sites for hydroxylation is 1. The maximum absolute atomic E-state index is 14.5. The van der Waals surface area contributed by atoms with Crippen molar-refractivity contribution in [1.29, 1.82) is 0 Å². The fourth-order valence-electron chi connectivity index (χ4n) is 4.83. The van der Waals surface area contributed by atoms with Gasteiger partial charge in [0.25, 0.3) is 10.0 Å². The van der Waals surface area contributed by atoms with Gasteiger partial charge in [-0.2, -0.15) is 0 Å². The van der Waals surface area contributed by atoms with Gasteiger partial charge < -0.3 is 10.2 Å². The van der Waals surface area contributed by atoms with E-state index in [0.717, 1.165) is 28.3 Å². The summed E-state index contributed by atoms with van der Waals surface area (Å²) >= 11 is 6.54. The number of rotatable bonds is 14. The first-order chi connectivity index (χ1) is 21.2. The quantitative estimate of drug-likeness (QED) is 0.163. The van der Waals surface area contributed by atoms with Crippen LogP contribution in [0, 0.1) is 6.92 Å². The molecule has 0 aliphatic rings. The van der Waals surface area contributed by atoms with Gasteiger partial charge in [-0.05, 0) is 54.8 Å². The number of halogens is 1. The summed E-state index contributed by atoms with van der Waals surface area (Å²) in [7, 11) is -4.14. The molecule has 0 saturated heterocycles. The highest BCUT2D eigenvalue weighted by atomic mass is 35.5. The van der Waals surface area contributed by atoms with Gasteiger partial charge in [-0.25, -0.2) is 8.42 Å². The van der Waals surface area contributed by atoms with Gasteiger partial charge in [-0.15, -0.1) is 0 Å². The van der Waals surface area contributed by atoms with E-state index in [-0.39, 0.29) is 23.8 Å². The summed E-state index contributed by atoms with van der Waals surface area (Å²) < 4.78 is 29.1. The number of anilines is 1. The number of carbonyl (C=O) groups is 2. The van der Waals surface area contributed by atoms with Gasteiger partial charge in [0.05, 0.1) is 10.6 Å². The van der Waals surface area contributed by atoms with Crippen LogP contribution in [0.25, 0.3) is 0 Å². The smallest absolute Gasteiger partial charge is 0.264 e. The lowest BCUT2D eigenvalue weighted by Crippen LogP contribution is -2.53. The molecule has 0 bridgehead atoms. The van der Waals surface area contributed by atoms with E-state index in [1.165, 1.54) is 17.0 Å². The molecule has 0 saturated carbocycles. The fourth-order valence-corrected chi connectivity index (χ4v) is 6.46. The molecule has 4 aromatic rings. The van der Waals surface area contributed by atoms with E-state index in [9.17, 15) is 18.0 Å². The lowest BCUT2D eigenvalue weighted by Gasteiger charge is -2.34. The molecule has 0 aromatic heterocycles. The second-order valence-corrected chi connectivity index (χ2v) is 12.9. The monoisotopic (exact) mass is 631 g/mol. The molecule has 230 valence electrons. The third-order valence-corrected chi connectivity index (χ3v) is 9.49. The van der Waals surface area contributed by atoms with Crippen LogP contribution in [0.1, 0.15) is 36.5 Å². The highest BCUT2D eigenvalue weighted by molar-refractivity contribution is 7.92. The standard InChI is InChI=1S/C35H38ClN3O4S/c1-3-4-23-37-35(41)33(24-28-13-7-5-8-14-28)38(25-29-15-11-12-18-32(29)36)34(40)26-39(30-21-19-27(2)20-22-30)44(42,43)31-16-9-6-10-17-31/h5-22,33H,3-4,23-26H2,1-2H3,(H,37,41)/t33-/m1/s1. The Kier molecular flexibility index (Phi) is 11.6. The molecule has 0 aliphatic heterocycles. The molecule has 0 aliphatic carbocycles. The number of sulfonamides is 1. The molecule has 4 rings (SSSR count). The van der Waals surface area contributed by atoms with Crippen LogP contribution < -0.4 is 9.62 Å². The Balaban J connectivity index is 1.78. The van der Waals surface area contributed by atoms with E-state index in [1.807, 2.05) is 50.2 Å². The minimum atomic E-state index is -4.14. The van der Waals surface area contributed by atoms with Crippen LogP contribution in [0.3, 0.4) is 0 Å². The molecule has 0 radical (unpaired) electrons. The molecule has 7 nitrogen and oxygen atoms in total. The van der Waals surface area contributed by atoms with Crippen molar-refractivity contribution in [1.82, 2.24) is 10.2 Å². The van der Waals surface area contributed by atoms with Gasteiger partial charge >= 0.3 is 0 Å². The first-order valence-corrected chi connectivity index (χ1v) is 16.5. The van der Waals surface area contributed by atoms with Crippen molar-refractivity contribution in [3.63, 3.8) is 0 Å². The van der Waals surface area contributed by atoms with Gasteiger partial charge in [0.15, 0.2) is 0 Å². The van der Waals surface area contributed by atoms with Crippen LogP contribution in [0.5, 0.6) is 0 Å². The number of carbonyl (C=O) groups excluding carboxylic acids is 2. The van der Waals surface area contributed by atoms with E-state index >= 15 is 0 Å². The highest BCUT2D eigenvalue weighted by Gasteiger charge is 2.34. The molecule has 2 amide bonds. The molecule has 0 heterocycles. The van der Waals surface area contributed by atoms with Crippen molar-refractivity contribution in [2.24, 2.45) is 0 Å². The predicted molar refractivity (Wildman–Crippen MR) is 176 cm³/mol. The summed E-state index contributed by atoms with van der Waals surface area (Å²) in [6.07, 6.45) is 1.93. The van der Waals surface area contributed by atoms with E-state index in [1.54, 1.807) is 60.7 Å². The van der Waals surface area contributed by atoms with Crippen molar-refractivity contribution in [2.45, 2.75) is 50.6 Å². The largest absolute Gasteiger partial charge is 0.354 e. The molecule has 9 heteroatoms. The van der Waals surface area contributed by atoms with Crippen molar-refractivity contribution < 1.29 is 18.0 Å². The summed E-state index contributed by atoms with van der Waals surface area (Å²) in [5, 5.41) is 3.44. The molecule has 0 unspecified atom stereocenters. The van der Waals surface area contributed by atoms with Gasteiger partial charge in [0, 0.05) is 24.5 Å². The molecule has 44 heavy (non-hydrogen) atoms. The molecule has 1 N–H and O–H groups in total. The Bertz CT molecular complexity index is 1630. The minimum Gasteiger partial charge on any atom is -0.354 e. The summed E-state index contributed by atoms with van der Waals surface area (Å²) in [5.41, 5.74) is 2.81. The predicted octanol–water partition coefficient (Wildman–Crippen LogP) is 6.40. The van der Waals surface area contributed by atoms with Crippen molar-refractivity contribution in [3.8, 4) is 0 Å². The summed E-state index contributed by atoms with van der Waals surface area (Å²) in [6, 6.07) is 30.7. The van der Waals surface area contributed by atoms with Crippen LogP contribution in [0.2, 0.25) is 5.02 Å². The van der Waals surface area contributed by atoms with Crippen LogP contribution in [0.4, 0.5) is 5.69 Å². The van der Waals surface area contributed by atoms with Crippen molar-refractivity contribution in [3.05, 3.63) is 131 Å². The first kappa shape index (κ1) is 32.8. The summed E-state index contributed by atoms with van der Waals surface area (Å²) in [6.45, 7) is 3.91. The lowest BCUT2D eigenvalue weighted by atomic mass is 10.0. The van der Waals surface area contributed by atoms with Crippen LogP contribution in [0.15, 0.2) is 114 Å². The van der Waals surface area contributed by atoms with Gasteiger partial charge in [0.2, 0.25) is 11.8 Å². The SMILES string of the molecule is CCCCNC(=O)[C@@H](Cc1ccccc1)N(Cc1ccccc1Cl)C(=O)CN(c1ccc(C)cc1)S(=O)(=O)c1ccccc1. The molecule has 1 atom stereocenters. The topological polar surface area (TPSA) is 86.8 Å². The maximum Gasteiger partial charge on any atom is 0.264 e.